The summed E-state index contributed by atoms with van der Waals surface area (Å²) in [5.74, 6) is 0.828. The Kier molecular flexibility index (Phi) is 7.15. The minimum atomic E-state index is -3.61. The van der Waals surface area contributed by atoms with Crippen LogP contribution in [0.3, 0.4) is 0 Å². The lowest BCUT2D eigenvalue weighted by Crippen LogP contribution is -2.44. The van der Waals surface area contributed by atoms with E-state index >= 15 is 0 Å². The zero-order valence-electron chi connectivity index (χ0n) is 14.6. The summed E-state index contributed by atoms with van der Waals surface area (Å²) in [4.78, 5) is 9.52. The fourth-order valence-electron chi connectivity index (χ4n) is 2.59. The Morgan fingerprint density at radius 2 is 2.31 bits per heavy atom. The summed E-state index contributed by atoms with van der Waals surface area (Å²) in [5.41, 5.74) is 0.456. The highest BCUT2D eigenvalue weighted by atomic mass is 35.5. The first-order valence-corrected chi connectivity index (χ1v) is 9.41. The number of hydrogen-bond acceptors (Lipinski definition) is 8. The van der Waals surface area contributed by atoms with Gasteiger partial charge >= 0.3 is 0 Å². The molecule has 2 aromatic heterocycles. The number of halogens is 1. The second-order valence-corrected chi connectivity index (χ2v) is 7.56. The molecule has 2 aromatic rings. The Morgan fingerprint density at radius 1 is 1.50 bits per heavy atom. The molecule has 3 N–H and O–H groups in total. The van der Waals surface area contributed by atoms with Crippen LogP contribution in [0.1, 0.15) is 11.9 Å². The number of ether oxygens (including phenoxy) is 1. The van der Waals surface area contributed by atoms with Crippen LogP contribution in [0.25, 0.3) is 11.6 Å². The highest BCUT2D eigenvalue weighted by Gasteiger charge is 2.26. The molecule has 0 amide bonds. The van der Waals surface area contributed by atoms with Crippen LogP contribution in [0.4, 0.5) is 0 Å². The average molecular weight is 407 g/mol. The summed E-state index contributed by atoms with van der Waals surface area (Å²) in [5, 5.41) is 7.32. The fraction of sp³-hybridized carbons (Fsp3) is 0.571. The summed E-state index contributed by atoms with van der Waals surface area (Å²) in [7, 11) is -0.0959. The maximum absolute atomic E-state index is 12.2. The van der Waals surface area contributed by atoms with E-state index in [0.29, 0.717) is 18.1 Å². The second-order valence-electron chi connectivity index (χ2n) is 5.80. The number of piperazine rings is 1. The standard InChI is InChI=1S/C14H22N6O4S.ClH/c1-20-5-3-15-9-12(20)13-18-14(24-19-13)11-7-10(8-16-11)25(21,22)17-4-6-23-2;/h7-8,12,15-17H,3-6,9H2,1-2H3;1H. The van der Waals surface area contributed by atoms with Gasteiger partial charge in [-0.25, -0.2) is 13.1 Å². The number of likely N-dealkylation sites (N-methyl/N-ethyl adjacent to an activating group) is 1. The topological polar surface area (TPSA) is 125 Å². The lowest BCUT2D eigenvalue weighted by molar-refractivity contribution is 0.190. The lowest BCUT2D eigenvalue weighted by atomic mass is 10.2. The molecule has 0 spiro atoms. The number of methoxy groups -OCH3 is 1. The molecule has 12 heteroatoms. The van der Waals surface area contributed by atoms with Crippen LogP contribution < -0.4 is 10.0 Å². The van der Waals surface area contributed by atoms with Gasteiger partial charge in [-0.15, -0.1) is 12.4 Å². The van der Waals surface area contributed by atoms with Gasteiger partial charge < -0.3 is 19.6 Å². The van der Waals surface area contributed by atoms with Gasteiger partial charge in [0.15, 0.2) is 5.82 Å². The number of aromatic nitrogens is 3. The van der Waals surface area contributed by atoms with Gasteiger partial charge in [0.2, 0.25) is 10.0 Å². The number of rotatable bonds is 7. The Morgan fingerprint density at radius 3 is 3.04 bits per heavy atom. The van der Waals surface area contributed by atoms with Gasteiger partial charge in [-0.05, 0) is 13.1 Å². The number of H-pyrrole nitrogens is 1. The van der Waals surface area contributed by atoms with Gasteiger partial charge in [0, 0.05) is 39.5 Å². The quantitative estimate of drug-likeness (QED) is 0.548. The molecule has 1 atom stereocenters. The molecule has 0 aromatic carbocycles. The first kappa shape index (κ1) is 20.8. The van der Waals surface area contributed by atoms with Crippen LogP contribution >= 0.6 is 12.4 Å². The van der Waals surface area contributed by atoms with Gasteiger partial charge in [-0.1, -0.05) is 5.16 Å². The van der Waals surface area contributed by atoms with E-state index in [0.717, 1.165) is 19.6 Å². The van der Waals surface area contributed by atoms with Crippen molar-refractivity contribution in [2.75, 3.05) is 46.9 Å². The van der Waals surface area contributed by atoms with E-state index in [2.05, 4.69) is 30.1 Å². The number of nitrogens with zero attached hydrogens (tertiary/aromatic N) is 3. The van der Waals surface area contributed by atoms with Gasteiger partial charge in [0.25, 0.3) is 5.89 Å². The highest BCUT2D eigenvalue weighted by Crippen LogP contribution is 2.23. The maximum atomic E-state index is 12.2. The molecule has 10 nitrogen and oxygen atoms in total. The Hall–Kier alpha value is -1.50. The van der Waals surface area contributed by atoms with E-state index in [1.54, 1.807) is 0 Å². The molecule has 3 rings (SSSR count). The molecular weight excluding hydrogens is 384 g/mol. The van der Waals surface area contributed by atoms with Crippen LogP contribution in [-0.4, -0.2) is 75.4 Å². The van der Waals surface area contributed by atoms with Crippen LogP contribution in [0.15, 0.2) is 21.7 Å². The smallest absolute Gasteiger partial charge is 0.274 e. The molecule has 0 saturated carbocycles. The molecule has 1 aliphatic heterocycles. The van der Waals surface area contributed by atoms with Crippen LogP contribution in [0.2, 0.25) is 0 Å². The predicted molar refractivity (Wildman–Crippen MR) is 96.6 cm³/mol. The number of sulfonamides is 1. The monoisotopic (exact) mass is 406 g/mol. The third-order valence-electron chi connectivity index (χ3n) is 4.05. The second kappa shape index (κ2) is 8.93. The molecule has 1 saturated heterocycles. The van der Waals surface area contributed by atoms with Crippen molar-refractivity contribution in [3.05, 3.63) is 18.1 Å². The molecular formula is C14H23ClN6O4S. The number of hydrogen-bond donors (Lipinski definition) is 3. The molecule has 1 unspecified atom stereocenters. The molecule has 146 valence electrons. The zero-order chi connectivity index (χ0) is 17.9. The van der Waals surface area contributed by atoms with Gasteiger partial charge in [0.1, 0.15) is 10.6 Å². The normalized spacial score (nSPS) is 18.6. The van der Waals surface area contributed by atoms with Crippen LogP contribution in [0.5, 0.6) is 0 Å². The molecule has 26 heavy (non-hydrogen) atoms. The fourth-order valence-corrected chi connectivity index (χ4v) is 3.59. The van der Waals surface area contributed by atoms with E-state index < -0.39 is 10.0 Å². The van der Waals surface area contributed by atoms with E-state index in [-0.39, 0.29) is 35.8 Å². The summed E-state index contributed by atoms with van der Waals surface area (Å²) in [6.07, 6.45) is 1.39. The molecule has 1 aliphatic rings. The zero-order valence-corrected chi connectivity index (χ0v) is 16.2. The predicted octanol–water partition coefficient (Wildman–Crippen LogP) is -0.0127. The minimum Gasteiger partial charge on any atom is -0.383 e. The molecule has 0 aliphatic carbocycles. The summed E-state index contributed by atoms with van der Waals surface area (Å²) in [6, 6.07) is 1.50. The van der Waals surface area contributed by atoms with Gasteiger partial charge in [-0.3, -0.25) is 4.90 Å². The number of nitrogens with one attached hydrogen (secondary N) is 3. The van der Waals surface area contributed by atoms with Crippen molar-refractivity contribution in [2.24, 2.45) is 0 Å². The van der Waals surface area contributed by atoms with Crippen molar-refractivity contribution < 1.29 is 17.7 Å². The molecule has 0 bridgehead atoms. The summed E-state index contributed by atoms with van der Waals surface area (Å²) < 4.78 is 36.9. The van der Waals surface area contributed by atoms with Crippen molar-refractivity contribution in [2.45, 2.75) is 10.9 Å². The maximum Gasteiger partial charge on any atom is 0.274 e. The minimum absolute atomic E-state index is 0. The summed E-state index contributed by atoms with van der Waals surface area (Å²) >= 11 is 0. The summed E-state index contributed by atoms with van der Waals surface area (Å²) in [6.45, 7) is 3.05. The lowest BCUT2D eigenvalue weighted by Gasteiger charge is -2.30. The third-order valence-corrected chi connectivity index (χ3v) is 5.49. The molecule has 0 radical (unpaired) electrons. The van der Waals surface area contributed by atoms with Gasteiger partial charge in [-0.2, -0.15) is 4.98 Å². The largest absolute Gasteiger partial charge is 0.383 e. The van der Waals surface area contributed by atoms with E-state index in [1.807, 2.05) is 7.05 Å². The Bertz CT molecular complexity index is 808. The van der Waals surface area contributed by atoms with Crippen molar-refractivity contribution >= 4 is 22.4 Å². The molecule has 1 fully saturated rings. The Balaban J connectivity index is 0.00000243. The van der Waals surface area contributed by atoms with E-state index in [1.165, 1.54) is 19.4 Å². The van der Waals surface area contributed by atoms with Crippen LogP contribution in [-0.2, 0) is 14.8 Å². The van der Waals surface area contributed by atoms with Gasteiger partial charge in [0.05, 0.1) is 12.6 Å². The first-order valence-electron chi connectivity index (χ1n) is 7.93. The van der Waals surface area contributed by atoms with Crippen molar-refractivity contribution in [1.29, 1.82) is 0 Å². The average Bonchev–Trinajstić information content (AvgIpc) is 3.25. The Labute approximate surface area is 158 Å². The first-order chi connectivity index (χ1) is 12.0. The van der Waals surface area contributed by atoms with Crippen LogP contribution in [0, 0.1) is 0 Å². The van der Waals surface area contributed by atoms with Crippen molar-refractivity contribution in [3.8, 4) is 11.6 Å². The van der Waals surface area contributed by atoms with E-state index in [9.17, 15) is 8.42 Å². The highest BCUT2D eigenvalue weighted by molar-refractivity contribution is 7.89. The van der Waals surface area contributed by atoms with E-state index in [4.69, 9.17) is 9.26 Å². The number of aromatic amines is 1. The third kappa shape index (κ3) is 4.61. The SMILES string of the molecule is COCCNS(=O)(=O)c1c[nH]c(-c2nc(C3CNCCN3C)no2)c1.Cl. The van der Waals surface area contributed by atoms with Crippen molar-refractivity contribution in [1.82, 2.24) is 30.1 Å². The van der Waals surface area contributed by atoms with Crippen molar-refractivity contribution in [3.63, 3.8) is 0 Å². The molecule has 3 heterocycles.